The molecule has 3 rings (SSSR count). The summed E-state index contributed by atoms with van der Waals surface area (Å²) >= 11 is 0. The molecule has 0 aliphatic heterocycles. The zero-order valence-electron chi connectivity index (χ0n) is 10.2. The highest BCUT2D eigenvalue weighted by molar-refractivity contribution is 5.93. The summed E-state index contributed by atoms with van der Waals surface area (Å²) in [6.07, 6.45) is 3.37. The fourth-order valence-corrected chi connectivity index (χ4v) is 2.04. The monoisotopic (exact) mass is 240 g/mol. The van der Waals surface area contributed by atoms with Crippen molar-refractivity contribution >= 4 is 16.8 Å². The Balaban J connectivity index is 2.22. The van der Waals surface area contributed by atoms with Gasteiger partial charge in [0.2, 0.25) is 5.91 Å². The number of fused-ring (bicyclic) bond motifs is 1. The Hall–Kier alpha value is -2.43. The number of nitrogens with zero attached hydrogens (tertiary/aromatic N) is 4. The van der Waals surface area contributed by atoms with Crippen LogP contribution in [0.3, 0.4) is 0 Å². The molecule has 2 aromatic heterocycles. The summed E-state index contributed by atoms with van der Waals surface area (Å²) in [5, 5.41) is 9.57. The molecule has 1 aromatic carbocycles. The SMILES string of the molecule is CC(=O)n1cc(-c2nn(C)c3ccccc23)cn1. The minimum atomic E-state index is -0.110. The number of para-hydroxylation sites is 1. The van der Waals surface area contributed by atoms with Crippen LogP contribution >= 0.6 is 0 Å². The highest BCUT2D eigenvalue weighted by Crippen LogP contribution is 2.26. The Morgan fingerprint density at radius 2 is 2.06 bits per heavy atom. The summed E-state index contributed by atoms with van der Waals surface area (Å²) in [5.74, 6) is -0.110. The second-order valence-electron chi connectivity index (χ2n) is 4.18. The van der Waals surface area contributed by atoms with Gasteiger partial charge in [-0.2, -0.15) is 10.2 Å². The molecule has 0 saturated carbocycles. The van der Waals surface area contributed by atoms with E-state index in [1.54, 1.807) is 12.4 Å². The minimum absolute atomic E-state index is 0.110. The first-order valence-electron chi connectivity index (χ1n) is 5.64. The quantitative estimate of drug-likeness (QED) is 0.654. The number of aryl methyl sites for hydroxylation is 1. The lowest BCUT2D eigenvalue weighted by Gasteiger charge is -1.92. The van der Waals surface area contributed by atoms with E-state index in [1.807, 2.05) is 36.0 Å². The number of benzene rings is 1. The van der Waals surface area contributed by atoms with E-state index in [4.69, 9.17) is 0 Å². The van der Waals surface area contributed by atoms with Gasteiger partial charge in [-0.05, 0) is 6.07 Å². The Morgan fingerprint density at radius 1 is 1.28 bits per heavy atom. The lowest BCUT2D eigenvalue weighted by molar-refractivity contribution is 0.0921. The zero-order chi connectivity index (χ0) is 12.7. The number of aromatic nitrogens is 4. The van der Waals surface area contributed by atoms with E-state index in [0.717, 1.165) is 22.2 Å². The van der Waals surface area contributed by atoms with Gasteiger partial charge < -0.3 is 0 Å². The topological polar surface area (TPSA) is 52.7 Å². The molecule has 0 unspecified atom stereocenters. The summed E-state index contributed by atoms with van der Waals surface area (Å²) in [4.78, 5) is 11.2. The molecule has 0 spiro atoms. The van der Waals surface area contributed by atoms with Crippen molar-refractivity contribution in [1.29, 1.82) is 0 Å². The van der Waals surface area contributed by atoms with E-state index >= 15 is 0 Å². The lowest BCUT2D eigenvalue weighted by Crippen LogP contribution is -2.04. The number of carbonyl (C=O) groups excluding carboxylic acids is 1. The van der Waals surface area contributed by atoms with Gasteiger partial charge in [-0.3, -0.25) is 9.48 Å². The molecule has 90 valence electrons. The van der Waals surface area contributed by atoms with Crippen molar-refractivity contribution in [3.8, 4) is 11.3 Å². The van der Waals surface area contributed by atoms with Crippen LogP contribution in [-0.4, -0.2) is 25.5 Å². The molecule has 0 bridgehead atoms. The highest BCUT2D eigenvalue weighted by atomic mass is 16.2. The van der Waals surface area contributed by atoms with Crippen LogP contribution in [0.2, 0.25) is 0 Å². The zero-order valence-corrected chi connectivity index (χ0v) is 10.2. The largest absolute Gasteiger partial charge is 0.273 e. The van der Waals surface area contributed by atoms with E-state index in [1.165, 1.54) is 11.6 Å². The van der Waals surface area contributed by atoms with Gasteiger partial charge in [0.15, 0.2) is 0 Å². The minimum Gasteiger partial charge on any atom is -0.273 e. The maximum absolute atomic E-state index is 11.2. The van der Waals surface area contributed by atoms with Crippen LogP contribution in [0.15, 0.2) is 36.7 Å². The van der Waals surface area contributed by atoms with Crippen LogP contribution in [0.5, 0.6) is 0 Å². The van der Waals surface area contributed by atoms with Gasteiger partial charge in [-0.25, -0.2) is 4.68 Å². The molecule has 0 amide bonds. The standard InChI is InChI=1S/C13H12N4O/c1-9(18)17-8-10(7-14-17)13-11-5-3-4-6-12(11)16(2)15-13/h3-8H,1-2H3. The van der Waals surface area contributed by atoms with Crippen molar-refractivity contribution in [2.45, 2.75) is 6.92 Å². The fraction of sp³-hybridized carbons (Fsp3) is 0.154. The van der Waals surface area contributed by atoms with Crippen LogP contribution in [-0.2, 0) is 7.05 Å². The smallest absolute Gasteiger partial charge is 0.243 e. The molecule has 0 atom stereocenters. The van der Waals surface area contributed by atoms with Crippen molar-refractivity contribution in [3.63, 3.8) is 0 Å². The summed E-state index contributed by atoms with van der Waals surface area (Å²) in [6, 6.07) is 7.99. The molecule has 0 saturated heterocycles. The Kier molecular flexibility index (Phi) is 2.26. The number of hydrogen-bond donors (Lipinski definition) is 0. The van der Waals surface area contributed by atoms with Crippen LogP contribution in [0.4, 0.5) is 0 Å². The van der Waals surface area contributed by atoms with Crippen LogP contribution in [0.1, 0.15) is 11.7 Å². The van der Waals surface area contributed by atoms with Gasteiger partial charge >= 0.3 is 0 Å². The molecule has 0 radical (unpaired) electrons. The third-order valence-electron chi connectivity index (χ3n) is 2.94. The normalized spacial score (nSPS) is 11.0. The van der Waals surface area contributed by atoms with E-state index in [-0.39, 0.29) is 5.91 Å². The van der Waals surface area contributed by atoms with Crippen molar-refractivity contribution in [2.75, 3.05) is 0 Å². The highest BCUT2D eigenvalue weighted by Gasteiger charge is 2.12. The third-order valence-corrected chi connectivity index (χ3v) is 2.94. The molecular formula is C13H12N4O. The van der Waals surface area contributed by atoms with Gasteiger partial charge in [0.1, 0.15) is 5.69 Å². The summed E-state index contributed by atoms with van der Waals surface area (Å²) < 4.78 is 3.15. The van der Waals surface area contributed by atoms with Gasteiger partial charge in [0, 0.05) is 31.1 Å². The average molecular weight is 240 g/mol. The molecule has 2 heterocycles. The van der Waals surface area contributed by atoms with Crippen molar-refractivity contribution in [2.24, 2.45) is 7.05 Å². The van der Waals surface area contributed by atoms with Crippen molar-refractivity contribution in [3.05, 3.63) is 36.7 Å². The first kappa shape index (κ1) is 10.7. The fourth-order valence-electron chi connectivity index (χ4n) is 2.04. The van der Waals surface area contributed by atoms with Crippen LogP contribution < -0.4 is 0 Å². The molecular weight excluding hydrogens is 228 g/mol. The number of carbonyl (C=O) groups is 1. The summed E-state index contributed by atoms with van der Waals surface area (Å²) in [7, 11) is 1.90. The van der Waals surface area contributed by atoms with Gasteiger partial charge in [0.05, 0.1) is 11.7 Å². The molecule has 0 aliphatic rings. The van der Waals surface area contributed by atoms with Crippen molar-refractivity contribution < 1.29 is 4.79 Å². The Bertz CT molecular complexity index is 738. The molecule has 18 heavy (non-hydrogen) atoms. The predicted molar refractivity (Wildman–Crippen MR) is 68.2 cm³/mol. The molecule has 0 N–H and O–H groups in total. The summed E-state index contributed by atoms with van der Waals surface area (Å²) in [5.41, 5.74) is 2.76. The van der Waals surface area contributed by atoms with E-state index < -0.39 is 0 Å². The Morgan fingerprint density at radius 3 is 2.78 bits per heavy atom. The first-order chi connectivity index (χ1) is 8.66. The second kappa shape index (κ2) is 3.80. The van der Waals surface area contributed by atoms with Gasteiger partial charge in [-0.15, -0.1) is 0 Å². The summed E-state index contributed by atoms with van der Waals surface area (Å²) in [6.45, 7) is 1.48. The molecule has 0 aliphatic carbocycles. The van der Waals surface area contributed by atoms with Crippen molar-refractivity contribution in [1.82, 2.24) is 19.6 Å². The molecule has 5 heteroatoms. The molecule has 0 fully saturated rings. The number of hydrogen-bond acceptors (Lipinski definition) is 3. The Labute approximate surface area is 104 Å². The van der Waals surface area contributed by atoms with Gasteiger partial charge in [-0.1, -0.05) is 18.2 Å². The van der Waals surface area contributed by atoms with Gasteiger partial charge in [0.25, 0.3) is 0 Å². The van der Waals surface area contributed by atoms with E-state index in [9.17, 15) is 4.79 Å². The van der Waals surface area contributed by atoms with E-state index in [0.29, 0.717) is 0 Å². The first-order valence-corrected chi connectivity index (χ1v) is 5.64. The predicted octanol–water partition coefficient (Wildman–Crippen LogP) is 2.10. The molecule has 5 nitrogen and oxygen atoms in total. The third kappa shape index (κ3) is 1.52. The lowest BCUT2D eigenvalue weighted by atomic mass is 10.1. The second-order valence-corrected chi connectivity index (χ2v) is 4.18. The molecule has 3 aromatic rings. The maximum Gasteiger partial charge on any atom is 0.243 e. The van der Waals surface area contributed by atoms with Crippen LogP contribution in [0, 0.1) is 0 Å². The van der Waals surface area contributed by atoms with E-state index in [2.05, 4.69) is 10.2 Å². The van der Waals surface area contributed by atoms with Crippen LogP contribution in [0.25, 0.3) is 22.2 Å². The average Bonchev–Trinajstić information content (AvgIpc) is 2.95. The number of rotatable bonds is 1. The maximum atomic E-state index is 11.2.